The van der Waals surface area contributed by atoms with Crippen molar-refractivity contribution in [1.82, 2.24) is 0 Å². The Morgan fingerprint density at radius 1 is 1.14 bits per heavy atom. The predicted octanol–water partition coefficient (Wildman–Crippen LogP) is 2.90. The summed E-state index contributed by atoms with van der Waals surface area (Å²) in [6.07, 6.45) is 0. The lowest BCUT2D eigenvalue weighted by atomic mass is 10.0. The van der Waals surface area contributed by atoms with Gasteiger partial charge in [-0.2, -0.15) is 0 Å². The fraction of sp³-hybridized carbons (Fsp3) is 0.0625. The van der Waals surface area contributed by atoms with Crippen LogP contribution >= 0.6 is 7.72 Å². The molecule has 1 aliphatic heterocycles. The van der Waals surface area contributed by atoms with Crippen molar-refractivity contribution in [3.63, 3.8) is 0 Å². The molecule has 1 aliphatic rings. The zero-order chi connectivity index (χ0) is 15.0. The number of para-hydroxylation sites is 1. The van der Waals surface area contributed by atoms with Crippen LogP contribution < -0.4 is 9.83 Å². The van der Waals surface area contributed by atoms with Gasteiger partial charge in [-0.15, -0.1) is 0 Å². The number of benzene rings is 2. The third-order valence-corrected chi connectivity index (χ3v) is 5.84. The Morgan fingerprint density at radius 2 is 1.76 bits per heavy atom. The van der Waals surface area contributed by atoms with E-state index in [9.17, 15) is 9.69 Å². The van der Waals surface area contributed by atoms with E-state index in [0.717, 1.165) is 11.1 Å². The van der Waals surface area contributed by atoms with Crippen molar-refractivity contribution >= 4 is 19.0 Å². The van der Waals surface area contributed by atoms with Crippen LogP contribution in [0.1, 0.15) is 0 Å². The SMILES string of the molecule is C=C(C(=O)OC)[P+]1(O)Oc2ccccc2-c2ccccc21. The first-order chi connectivity index (χ1) is 10.1. The van der Waals surface area contributed by atoms with Gasteiger partial charge < -0.3 is 9.26 Å². The molecule has 0 saturated heterocycles. The van der Waals surface area contributed by atoms with Crippen molar-refractivity contribution in [2.45, 2.75) is 0 Å². The summed E-state index contributed by atoms with van der Waals surface area (Å²) in [5, 5.41) is 0.533. The molecular weight excluding hydrogens is 287 g/mol. The molecule has 0 saturated carbocycles. The quantitative estimate of drug-likeness (QED) is 0.526. The van der Waals surface area contributed by atoms with E-state index in [4.69, 9.17) is 4.52 Å². The molecule has 1 atom stereocenters. The molecule has 0 aliphatic carbocycles. The maximum absolute atomic E-state index is 11.8. The van der Waals surface area contributed by atoms with Crippen molar-refractivity contribution in [2.24, 2.45) is 0 Å². The highest BCUT2D eigenvalue weighted by Gasteiger charge is 2.55. The molecule has 0 aromatic heterocycles. The summed E-state index contributed by atoms with van der Waals surface area (Å²) in [5.41, 5.74) is 1.73. The highest BCUT2D eigenvalue weighted by atomic mass is 31.2. The highest BCUT2D eigenvalue weighted by Crippen LogP contribution is 2.65. The standard InChI is InChI=1S/C16H14O4P/c1-11(16(17)19-2)21(18)15-10-6-4-8-13(15)12-7-3-5-9-14(12)20-21/h3-10,18H,1H2,2H3/q+1. The molecule has 0 amide bonds. The average Bonchev–Trinajstić information content (AvgIpc) is 2.53. The molecule has 1 N–H and O–H groups in total. The summed E-state index contributed by atoms with van der Waals surface area (Å²) in [6, 6.07) is 14.7. The van der Waals surface area contributed by atoms with E-state index in [2.05, 4.69) is 11.3 Å². The van der Waals surface area contributed by atoms with E-state index in [1.165, 1.54) is 7.11 Å². The molecule has 21 heavy (non-hydrogen) atoms. The van der Waals surface area contributed by atoms with E-state index in [0.29, 0.717) is 11.1 Å². The van der Waals surface area contributed by atoms with Gasteiger partial charge in [-0.1, -0.05) is 36.4 Å². The zero-order valence-corrected chi connectivity index (χ0v) is 12.3. The minimum atomic E-state index is -3.32. The average molecular weight is 301 g/mol. The molecule has 2 aromatic carbocycles. The number of hydrogen-bond acceptors (Lipinski definition) is 4. The molecule has 5 heteroatoms. The van der Waals surface area contributed by atoms with Crippen molar-refractivity contribution in [1.29, 1.82) is 0 Å². The first-order valence-electron chi connectivity index (χ1n) is 6.36. The Labute approximate surface area is 123 Å². The van der Waals surface area contributed by atoms with Crippen LogP contribution in [0.4, 0.5) is 0 Å². The van der Waals surface area contributed by atoms with Crippen molar-refractivity contribution in [3.8, 4) is 16.9 Å². The molecule has 0 fully saturated rings. The number of ether oxygens (including phenoxy) is 1. The van der Waals surface area contributed by atoms with Gasteiger partial charge in [0.1, 0.15) is 0 Å². The fourth-order valence-corrected chi connectivity index (χ4v) is 4.46. The largest absolute Gasteiger partial charge is 0.463 e. The van der Waals surface area contributed by atoms with Gasteiger partial charge in [0, 0.05) is 11.1 Å². The third kappa shape index (κ3) is 2.04. The van der Waals surface area contributed by atoms with Crippen LogP contribution in [-0.2, 0) is 9.53 Å². The van der Waals surface area contributed by atoms with Crippen LogP contribution in [0.25, 0.3) is 11.1 Å². The van der Waals surface area contributed by atoms with Gasteiger partial charge in [0.15, 0.2) is 11.1 Å². The van der Waals surface area contributed by atoms with E-state index in [1.807, 2.05) is 30.3 Å². The molecule has 106 valence electrons. The highest BCUT2D eigenvalue weighted by molar-refractivity contribution is 7.79. The maximum Gasteiger partial charge on any atom is 0.390 e. The number of carbonyl (C=O) groups excluding carboxylic acids is 1. The number of carbonyl (C=O) groups is 1. The van der Waals surface area contributed by atoms with E-state index in [-0.39, 0.29) is 5.31 Å². The smallest absolute Gasteiger partial charge is 0.390 e. The number of fused-ring (bicyclic) bond motifs is 3. The normalized spacial score (nSPS) is 19.0. The molecule has 0 spiro atoms. The Balaban J connectivity index is 2.23. The van der Waals surface area contributed by atoms with Crippen LogP contribution in [0.15, 0.2) is 60.4 Å². The Morgan fingerprint density at radius 3 is 2.48 bits per heavy atom. The van der Waals surface area contributed by atoms with Crippen LogP contribution in [-0.4, -0.2) is 18.0 Å². The summed E-state index contributed by atoms with van der Waals surface area (Å²) in [5.74, 6) is -0.128. The van der Waals surface area contributed by atoms with Gasteiger partial charge >= 0.3 is 13.7 Å². The molecule has 3 rings (SSSR count). The summed E-state index contributed by atoms with van der Waals surface area (Å²) in [7, 11) is -2.06. The summed E-state index contributed by atoms with van der Waals surface area (Å²) < 4.78 is 10.5. The summed E-state index contributed by atoms with van der Waals surface area (Å²) in [4.78, 5) is 22.8. The van der Waals surface area contributed by atoms with Gasteiger partial charge in [0.2, 0.25) is 5.31 Å². The van der Waals surface area contributed by atoms with Crippen LogP contribution in [0, 0.1) is 0 Å². The Kier molecular flexibility index (Phi) is 3.28. The summed E-state index contributed by atoms with van der Waals surface area (Å²) in [6.45, 7) is 3.69. The van der Waals surface area contributed by atoms with Crippen LogP contribution in [0.3, 0.4) is 0 Å². The van der Waals surface area contributed by atoms with Gasteiger partial charge in [-0.05, 0) is 18.7 Å². The molecule has 0 bridgehead atoms. The lowest BCUT2D eigenvalue weighted by Crippen LogP contribution is -2.26. The lowest BCUT2D eigenvalue weighted by Gasteiger charge is -2.26. The van der Waals surface area contributed by atoms with E-state index in [1.54, 1.807) is 18.2 Å². The predicted molar refractivity (Wildman–Crippen MR) is 82.4 cm³/mol. The number of hydrogen-bond donors (Lipinski definition) is 1. The third-order valence-electron chi connectivity index (χ3n) is 3.43. The van der Waals surface area contributed by atoms with Gasteiger partial charge in [-0.3, -0.25) is 0 Å². The number of methoxy groups -OCH3 is 1. The Hall–Kier alpha value is -2.16. The van der Waals surface area contributed by atoms with Crippen molar-refractivity contribution in [2.75, 3.05) is 7.11 Å². The van der Waals surface area contributed by atoms with Crippen LogP contribution in [0.5, 0.6) is 5.75 Å². The second-order valence-electron chi connectivity index (χ2n) is 4.62. The van der Waals surface area contributed by atoms with E-state index >= 15 is 0 Å². The second kappa shape index (κ2) is 4.99. The molecule has 4 nitrogen and oxygen atoms in total. The minimum Gasteiger partial charge on any atom is -0.463 e. The second-order valence-corrected chi connectivity index (χ2v) is 6.98. The fourth-order valence-electron chi connectivity index (χ4n) is 2.37. The topological polar surface area (TPSA) is 55.8 Å². The lowest BCUT2D eigenvalue weighted by molar-refractivity contribution is -0.135. The molecular formula is C16H14O4P+. The number of esters is 1. The molecule has 1 heterocycles. The Bertz CT molecular complexity index is 741. The summed E-state index contributed by atoms with van der Waals surface area (Å²) >= 11 is 0. The number of rotatable bonds is 2. The molecule has 1 unspecified atom stereocenters. The van der Waals surface area contributed by atoms with Crippen molar-refractivity contribution < 1.29 is 18.9 Å². The van der Waals surface area contributed by atoms with Crippen molar-refractivity contribution in [3.05, 3.63) is 60.4 Å². The molecule has 0 radical (unpaired) electrons. The molecule has 2 aromatic rings. The first-order valence-corrected chi connectivity index (χ1v) is 8.02. The monoisotopic (exact) mass is 301 g/mol. The van der Waals surface area contributed by atoms with Gasteiger partial charge in [0.25, 0.3) is 0 Å². The maximum atomic E-state index is 11.8. The van der Waals surface area contributed by atoms with Gasteiger partial charge in [0.05, 0.1) is 7.11 Å². The van der Waals surface area contributed by atoms with Gasteiger partial charge in [-0.25, -0.2) is 9.69 Å². The van der Waals surface area contributed by atoms with E-state index < -0.39 is 13.7 Å². The first kappa shape index (κ1) is 13.8. The minimum absolute atomic E-state index is 0.0491. The van der Waals surface area contributed by atoms with Crippen LogP contribution in [0.2, 0.25) is 0 Å². The zero-order valence-electron chi connectivity index (χ0n) is 11.4.